The van der Waals surface area contributed by atoms with Crippen LogP contribution in [0.4, 0.5) is 0 Å². The first-order valence-corrected chi connectivity index (χ1v) is 9.35. The summed E-state index contributed by atoms with van der Waals surface area (Å²) in [4.78, 5) is 19.7. The molecule has 2 aliphatic rings. The van der Waals surface area contributed by atoms with E-state index in [2.05, 4.69) is 29.1 Å². The van der Waals surface area contributed by atoms with Crippen molar-refractivity contribution in [3.63, 3.8) is 0 Å². The van der Waals surface area contributed by atoms with Crippen LogP contribution < -0.4 is 0 Å². The number of aromatic nitrogens is 3. The van der Waals surface area contributed by atoms with Crippen molar-refractivity contribution in [2.75, 3.05) is 13.1 Å². The van der Waals surface area contributed by atoms with Gasteiger partial charge in [0.1, 0.15) is 0 Å². The van der Waals surface area contributed by atoms with Crippen LogP contribution in [0.3, 0.4) is 0 Å². The molecular formula is C21H22N4O. The van der Waals surface area contributed by atoms with Crippen molar-refractivity contribution in [3.8, 4) is 0 Å². The van der Waals surface area contributed by atoms with Crippen LogP contribution in [0, 0.1) is 11.3 Å². The van der Waals surface area contributed by atoms with Crippen LogP contribution >= 0.6 is 0 Å². The van der Waals surface area contributed by atoms with Crippen LogP contribution in [-0.2, 0) is 6.54 Å². The summed E-state index contributed by atoms with van der Waals surface area (Å²) in [6.07, 6.45) is 4.20. The van der Waals surface area contributed by atoms with Crippen LogP contribution in [0.15, 0.2) is 48.7 Å². The van der Waals surface area contributed by atoms with Crippen LogP contribution in [0.5, 0.6) is 0 Å². The first-order valence-electron chi connectivity index (χ1n) is 9.35. The third kappa shape index (κ3) is 2.34. The average molecular weight is 346 g/mol. The van der Waals surface area contributed by atoms with Gasteiger partial charge in [0.05, 0.1) is 11.9 Å². The zero-order valence-electron chi connectivity index (χ0n) is 14.9. The summed E-state index contributed by atoms with van der Waals surface area (Å²) in [5, 5.41) is 5.53. The normalized spacial score (nSPS) is 24.0. The maximum Gasteiger partial charge on any atom is 0.275 e. The van der Waals surface area contributed by atoms with E-state index in [-0.39, 0.29) is 5.91 Å². The number of nitrogens with zero attached hydrogens (tertiary/aromatic N) is 4. The predicted molar refractivity (Wildman–Crippen MR) is 99.8 cm³/mol. The highest BCUT2D eigenvalue weighted by atomic mass is 16.2. The Labute approximate surface area is 152 Å². The Kier molecular flexibility index (Phi) is 3.39. The molecule has 1 saturated carbocycles. The molecule has 26 heavy (non-hydrogen) atoms. The average Bonchev–Trinajstić information content (AvgIpc) is 3.06. The van der Waals surface area contributed by atoms with Crippen LogP contribution in [0.25, 0.3) is 11.0 Å². The molecule has 1 aliphatic heterocycles. The number of benzene rings is 1. The molecule has 2 fully saturated rings. The van der Waals surface area contributed by atoms with Crippen molar-refractivity contribution in [3.05, 3.63) is 59.9 Å². The maximum absolute atomic E-state index is 13.2. The van der Waals surface area contributed by atoms with Crippen molar-refractivity contribution < 1.29 is 4.79 Å². The lowest BCUT2D eigenvalue weighted by atomic mass is 10.0. The van der Waals surface area contributed by atoms with Gasteiger partial charge in [0.15, 0.2) is 11.3 Å². The molecule has 2 unspecified atom stereocenters. The Morgan fingerprint density at radius 1 is 1.23 bits per heavy atom. The molecule has 0 N–H and O–H groups in total. The van der Waals surface area contributed by atoms with E-state index < -0.39 is 0 Å². The van der Waals surface area contributed by atoms with Gasteiger partial charge >= 0.3 is 0 Å². The topological polar surface area (TPSA) is 51.0 Å². The molecule has 2 atom stereocenters. The molecule has 3 aromatic rings. The van der Waals surface area contributed by atoms with Gasteiger partial charge in [-0.25, -0.2) is 9.67 Å². The summed E-state index contributed by atoms with van der Waals surface area (Å²) < 4.78 is 1.85. The molecule has 2 aromatic heterocycles. The Balaban J connectivity index is 1.49. The van der Waals surface area contributed by atoms with Gasteiger partial charge in [-0.05, 0) is 41.9 Å². The van der Waals surface area contributed by atoms with Crippen molar-refractivity contribution in [1.29, 1.82) is 0 Å². The van der Waals surface area contributed by atoms with Crippen molar-refractivity contribution in [1.82, 2.24) is 19.7 Å². The van der Waals surface area contributed by atoms with Crippen LogP contribution in [0.1, 0.15) is 35.8 Å². The Hall–Kier alpha value is -2.69. The van der Waals surface area contributed by atoms with E-state index in [1.54, 1.807) is 6.20 Å². The minimum absolute atomic E-state index is 0.0508. The number of hydrogen-bond donors (Lipinski definition) is 0. The fourth-order valence-electron chi connectivity index (χ4n) is 4.48. The van der Waals surface area contributed by atoms with Crippen molar-refractivity contribution in [2.24, 2.45) is 11.3 Å². The van der Waals surface area contributed by atoms with Crippen LogP contribution in [0.2, 0.25) is 0 Å². The van der Waals surface area contributed by atoms with Gasteiger partial charge in [-0.15, -0.1) is 0 Å². The lowest BCUT2D eigenvalue weighted by Crippen LogP contribution is -2.32. The third-order valence-corrected chi connectivity index (χ3v) is 6.18. The number of piperidine rings is 1. The zero-order valence-corrected chi connectivity index (χ0v) is 14.9. The second-order valence-corrected chi connectivity index (χ2v) is 7.67. The second-order valence-electron chi connectivity index (χ2n) is 7.67. The molecule has 5 nitrogen and oxygen atoms in total. The lowest BCUT2D eigenvalue weighted by Gasteiger charge is -2.19. The van der Waals surface area contributed by atoms with E-state index >= 15 is 0 Å². The Morgan fingerprint density at radius 2 is 2.08 bits per heavy atom. The number of fused-ring (bicyclic) bond motifs is 2. The highest BCUT2D eigenvalue weighted by molar-refractivity contribution is 6.04. The van der Waals surface area contributed by atoms with E-state index in [4.69, 9.17) is 0 Å². The summed E-state index contributed by atoms with van der Waals surface area (Å²) in [6.45, 7) is 4.60. The molecule has 132 valence electrons. The minimum Gasteiger partial charge on any atom is -0.336 e. The number of carbonyl (C=O) groups is 1. The van der Waals surface area contributed by atoms with Gasteiger partial charge in [-0.1, -0.05) is 37.3 Å². The smallest absolute Gasteiger partial charge is 0.275 e. The standard InChI is InChI=1S/C21H22N4O/c1-2-21-11-16(21)13-24(14-21)20(26)18-17-9-6-10-22-19(17)25(23-18)12-15-7-4-3-5-8-15/h3-10,16H,2,11-14H2,1H3. The molecule has 3 heterocycles. The van der Waals surface area contributed by atoms with Gasteiger partial charge in [-0.2, -0.15) is 5.10 Å². The van der Waals surface area contributed by atoms with E-state index in [1.807, 2.05) is 39.9 Å². The van der Waals surface area contributed by atoms with Gasteiger partial charge in [0.25, 0.3) is 5.91 Å². The summed E-state index contributed by atoms with van der Waals surface area (Å²) in [5.41, 5.74) is 2.84. The number of carbonyl (C=O) groups excluding carboxylic acids is 1. The fourth-order valence-corrected chi connectivity index (χ4v) is 4.48. The lowest BCUT2D eigenvalue weighted by molar-refractivity contribution is 0.0759. The fraction of sp³-hybridized carbons (Fsp3) is 0.381. The summed E-state index contributed by atoms with van der Waals surface area (Å²) in [5.74, 6) is 0.738. The first kappa shape index (κ1) is 15.6. The highest BCUT2D eigenvalue weighted by Gasteiger charge is 2.59. The number of likely N-dealkylation sites (tertiary alicyclic amines) is 1. The van der Waals surface area contributed by atoms with Gasteiger partial charge in [0.2, 0.25) is 0 Å². The molecule has 0 radical (unpaired) electrons. The number of pyridine rings is 1. The van der Waals surface area contributed by atoms with E-state index in [1.165, 1.54) is 6.42 Å². The predicted octanol–water partition coefficient (Wildman–Crippen LogP) is 3.35. The molecule has 5 heteroatoms. The zero-order chi connectivity index (χ0) is 17.7. The molecule has 0 spiro atoms. The van der Waals surface area contributed by atoms with Gasteiger partial charge < -0.3 is 4.90 Å². The summed E-state index contributed by atoms with van der Waals surface area (Å²) >= 11 is 0. The molecule has 1 aliphatic carbocycles. The van der Waals surface area contributed by atoms with E-state index in [9.17, 15) is 4.79 Å². The molecule has 0 bridgehead atoms. The van der Waals surface area contributed by atoms with E-state index in [0.717, 1.165) is 36.1 Å². The van der Waals surface area contributed by atoms with Gasteiger partial charge in [0, 0.05) is 19.3 Å². The summed E-state index contributed by atoms with van der Waals surface area (Å²) in [6, 6.07) is 14.0. The number of rotatable bonds is 4. The second kappa shape index (κ2) is 5.66. The molecule has 5 rings (SSSR count). The quantitative estimate of drug-likeness (QED) is 0.728. The monoisotopic (exact) mass is 346 g/mol. The maximum atomic E-state index is 13.2. The molecular weight excluding hydrogens is 324 g/mol. The van der Waals surface area contributed by atoms with Crippen molar-refractivity contribution in [2.45, 2.75) is 26.3 Å². The number of hydrogen-bond acceptors (Lipinski definition) is 3. The number of amides is 1. The molecule has 1 amide bonds. The van der Waals surface area contributed by atoms with Crippen LogP contribution in [-0.4, -0.2) is 38.7 Å². The SMILES string of the molecule is CCC12CC1CN(C(=O)c1nn(Cc3ccccc3)c3ncccc13)C2. The third-order valence-electron chi connectivity index (χ3n) is 6.18. The van der Waals surface area contributed by atoms with E-state index in [0.29, 0.717) is 23.6 Å². The Bertz CT molecular complexity index is 976. The largest absolute Gasteiger partial charge is 0.336 e. The Morgan fingerprint density at radius 3 is 2.85 bits per heavy atom. The molecule has 1 aromatic carbocycles. The summed E-state index contributed by atoms with van der Waals surface area (Å²) in [7, 11) is 0. The highest BCUT2D eigenvalue weighted by Crippen LogP contribution is 2.60. The molecule has 1 saturated heterocycles. The minimum atomic E-state index is 0.0508. The van der Waals surface area contributed by atoms with Crippen molar-refractivity contribution >= 4 is 16.9 Å². The first-order chi connectivity index (χ1) is 12.7. The van der Waals surface area contributed by atoms with Gasteiger partial charge in [-0.3, -0.25) is 4.79 Å².